The number of benzene rings is 3. The molecule has 36 heavy (non-hydrogen) atoms. The molecule has 3 aromatic carbocycles. The van der Waals surface area contributed by atoms with E-state index >= 15 is 0 Å². The van der Waals surface area contributed by atoms with E-state index < -0.39 is 20.3 Å². The van der Waals surface area contributed by atoms with E-state index in [2.05, 4.69) is 86.8 Å². The maximum Gasteiger partial charge on any atom is 0.414 e. The molecule has 192 valence electrons. The van der Waals surface area contributed by atoms with Crippen molar-refractivity contribution in [3.05, 3.63) is 96.6 Å². The van der Waals surface area contributed by atoms with E-state index in [0.29, 0.717) is 13.2 Å². The maximum atomic E-state index is 10.0. The lowest BCUT2D eigenvalue weighted by molar-refractivity contribution is -0.159. The molecule has 0 saturated heterocycles. The van der Waals surface area contributed by atoms with Crippen LogP contribution in [0.15, 0.2) is 91.0 Å². The van der Waals surface area contributed by atoms with Crippen molar-refractivity contribution in [2.45, 2.75) is 38.4 Å². The summed E-state index contributed by atoms with van der Waals surface area (Å²) >= 11 is 0. The minimum Gasteiger partial charge on any atom is -0.473 e. The zero-order chi connectivity index (χ0) is 26.6. The Bertz CT molecular complexity index is 1020. The van der Waals surface area contributed by atoms with Gasteiger partial charge in [-0.05, 0) is 21.0 Å². The van der Waals surface area contributed by atoms with Crippen LogP contribution >= 0.6 is 0 Å². The molecule has 0 unspecified atom stereocenters. The van der Waals surface area contributed by atoms with E-state index in [0.717, 1.165) is 0 Å². The topological polar surface area (TPSA) is 116 Å². The summed E-state index contributed by atoms with van der Waals surface area (Å²) in [6, 6.07) is 31.3. The highest BCUT2D eigenvalue weighted by Gasteiger charge is 2.50. The highest BCUT2D eigenvalue weighted by Crippen LogP contribution is 2.36. The zero-order valence-electron chi connectivity index (χ0n) is 20.9. The molecule has 0 radical (unpaired) electrons. The van der Waals surface area contributed by atoms with E-state index in [9.17, 15) is 5.11 Å². The van der Waals surface area contributed by atoms with Crippen LogP contribution in [0.4, 0.5) is 0 Å². The molecule has 1 atom stereocenters. The van der Waals surface area contributed by atoms with E-state index in [1.165, 1.54) is 15.9 Å². The SMILES string of the molecule is CC(C)(C)[Si](OC[C@H](CO)NCc1ccccc1)(c1ccccc1)c1ccccc1.O=C(O)C(=O)O. The van der Waals surface area contributed by atoms with Gasteiger partial charge in [0.2, 0.25) is 0 Å². The molecular weight excluding hydrogens is 474 g/mol. The van der Waals surface area contributed by atoms with Crippen LogP contribution in [0.25, 0.3) is 0 Å². The number of hydrogen-bond donors (Lipinski definition) is 4. The molecule has 0 aliphatic rings. The molecule has 3 rings (SSSR count). The molecule has 4 N–H and O–H groups in total. The summed E-state index contributed by atoms with van der Waals surface area (Å²) in [5, 5.41) is 30.7. The van der Waals surface area contributed by atoms with Gasteiger partial charge in [0, 0.05) is 6.54 Å². The lowest BCUT2D eigenvalue weighted by Crippen LogP contribution is -2.67. The molecule has 0 aromatic heterocycles. The molecule has 0 aliphatic heterocycles. The van der Waals surface area contributed by atoms with Crippen LogP contribution in [-0.2, 0) is 20.6 Å². The molecule has 0 heterocycles. The lowest BCUT2D eigenvalue weighted by atomic mass is 10.2. The third-order valence-corrected chi connectivity index (χ3v) is 10.8. The van der Waals surface area contributed by atoms with Crippen molar-refractivity contribution >= 4 is 30.6 Å². The summed E-state index contributed by atoms with van der Waals surface area (Å²) in [7, 11) is -2.59. The predicted octanol–water partition coefficient (Wildman–Crippen LogP) is 2.87. The molecular formula is C28H35NO6Si. The van der Waals surface area contributed by atoms with Crippen LogP contribution in [-0.4, -0.2) is 54.8 Å². The highest BCUT2D eigenvalue weighted by molar-refractivity contribution is 6.99. The minimum absolute atomic E-state index is 0.0328. The first kappa shape index (κ1) is 28.9. The highest BCUT2D eigenvalue weighted by atomic mass is 28.4. The van der Waals surface area contributed by atoms with Gasteiger partial charge in [0.25, 0.3) is 8.32 Å². The van der Waals surface area contributed by atoms with Gasteiger partial charge in [-0.25, -0.2) is 9.59 Å². The normalized spacial score (nSPS) is 12.2. The Morgan fingerprint density at radius 3 is 1.58 bits per heavy atom. The van der Waals surface area contributed by atoms with E-state index in [1.54, 1.807) is 0 Å². The maximum absolute atomic E-state index is 10.0. The Morgan fingerprint density at radius 1 is 0.806 bits per heavy atom. The van der Waals surface area contributed by atoms with Gasteiger partial charge in [-0.1, -0.05) is 112 Å². The molecule has 0 amide bonds. The Labute approximate surface area is 213 Å². The number of carbonyl (C=O) groups is 2. The van der Waals surface area contributed by atoms with Crippen molar-refractivity contribution in [2.75, 3.05) is 13.2 Å². The summed E-state index contributed by atoms with van der Waals surface area (Å²) in [6.45, 7) is 8.00. The molecule has 0 bridgehead atoms. The smallest absolute Gasteiger partial charge is 0.414 e. The van der Waals surface area contributed by atoms with Gasteiger partial charge in [-0.2, -0.15) is 0 Å². The van der Waals surface area contributed by atoms with Crippen molar-refractivity contribution in [2.24, 2.45) is 0 Å². The van der Waals surface area contributed by atoms with Crippen molar-refractivity contribution in [1.29, 1.82) is 0 Å². The Hall–Kier alpha value is -3.30. The van der Waals surface area contributed by atoms with E-state index in [-0.39, 0.29) is 17.7 Å². The third kappa shape index (κ3) is 7.86. The van der Waals surface area contributed by atoms with E-state index in [1.807, 2.05) is 30.3 Å². The van der Waals surface area contributed by atoms with Crippen LogP contribution in [0.1, 0.15) is 26.3 Å². The third-order valence-electron chi connectivity index (χ3n) is 5.76. The second kappa shape index (κ2) is 13.7. The average molecular weight is 510 g/mol. The molecule has 0 fully saturated rings. The van der Waals surface area contributed by atoms with Crippen LogP contribution < -0.4 is 15.7 Å². The summed E-state index contributed by atoms with van der Waals surface area (Å²) < 4.78 is 6.92. The zero-order valence-corrected chi connectivity index (χ0v) is 21.9. The second-order valence-corrected chi connectivity index (χ2v) is 13.6. The number of hydrogen-bond acceptors (Lipinski definition) is 5. The average Bonchev–Trinajstić information content (AvgIpc) is 2.87. The summed E-state index contributed by atoms with van der Waals surface area (Å²) in [6.07, 6.45) is 0. The lowest BCUT2D eigenvalue weighted by Gasteiger charge is -2.43. The minimum atomic E-state index is -2.59. The number of aliphatic hydroxyl groups excluding tert-OH is 1. The first-order chi connectivity index (χ1) is 17.1. The summed E-state index contributed by atoms with van der Waals surface area (Å²) in [4.78, 5) is 18.2. The molecule has 0 saturated carbocycles. The van der Waals surface area contributed by atoms with Gasteiger partial charge >= 0.3 is 11.9 Å². The number of nitrogens with one attached hydrogen (secondary N) is 1. The van der Waals surface area contributed by atoms with Gasteiger partial charge in [0.15, 0.2) is 0 Å². The number of rotatable bonds is 9. The number of aliphatic hydroxyl groups is 1. The van der Waals surface area contributed by atoms with E-state index in [4.69, 9.17) is 24.2 Å². The van der Waals surface area contributed by atoms with Crippen LogP contribution in [0.5, 0.6) is 0 Å². The second-order valence-electron chi connectivity index (χ2n) is 9.33. The molecule has 0 spiro atoms. The first-order valence-corrected chi connectivity index (χ1v) is 13.6. The molecule has 8 heteroatoms. The quantitative estimate of drug-likeness (QED) is 0.259. The fraction of sp³-hybridized carbons (Fsp3) is 0.286. The van der Waals surface area contributed by atoms with Crippen LogP contribution in [0, 0.1) is 0 Å². The fourth-order valence-electron chi connectivity index (χ4n) is 4.02. The monoisotopic (exact) mass is 509 g/mol. The van der Waals surface area contributed by atoms with Gasteiger partial charge in [-0.3, -0.25) is 0 Å². The van der Waals surface area contributed by atoms with Crippen molar-refractivity contribution in [3.63, 3.8) is 0 Å². The number of aliphatic carboxylic acids is 2. The Kier molecular flexibility index (Phi) is 11.0. The van der Waals surface area contributed by atoms with Crippen molar-refractivity contribution < 1.29 is 29.3 Å². The Morgan fingerprint density at radius 2 is 1.22 bits per heavy atom. The fourth-order valence-corrected chi connectivity index (χ4v) is 8.63. The van der Waals surface area contributed by atoms with Gasteiger partial charge in [0.1, 0.15) is 0 Å². The molecule has 0 aliphatic carbocycles. The Balaban J connectivity index is 0.000000678. The van der Waals surface area contributed by atoms with Crippen molar-refractivity contribution in [1.82, 2.24) is 5.32 Å². The summed E-state index contributed by atoms with van der Waals surface area (Å²) in [5.41, 5.74) is 1.20. The predicted molar refractivity (Wildman–Crippen MR) is 143 cm³/mol. The van der Waals surface area contributed by atoms with Gasteiger partial charge in [-0.15, -0.1) is 0 Å². The van der Waals surface area contributed by atoms with Crippen molar-refractivity contribution in [3.8, 4) is 0 Å². The van der Waals surface area contributed by atoms with Crippen LogP contribution in [0.3, 0.4) is 0 Å². The standard InChI is InChI=1S/C26H33NO2Si.C2H2O4/c1-26(2,3)30(24-15-9-5-10-16-24,25-17-11-6-12-18-25)29-21-23(20-28)27-19-22-13-7-4-8-14-22;3-1(4)2(5)6/h4-18,23,27-28H,19-21H2,1-3H3;(H,3,4)(H,5,6)/t23-;/m0./s1. The van der Waals surface area contributed by atoms with Gasteiger partial charge in [0.05, 0.1) is 19.3 Å². The number of carboxylic acid groups (broad SMARTS) is 2. The summed E-state index contributed by atoms with van der Waals surface area (Å²) in [5.74, 6) is -3.65. The molecule has 3 aromatic rings. The largest absolute Gasteiger partial charge is 0.473 e. The van der Waals surface area contributed by atoms with Gasteiger partial charge < -0.3 is 25.1 Å². The van der Waals surface area contributed by atoms with Crippen LogP contribution in [0.2, 0.25) is 5.04 Å². The number of carboxylic acids is 2. The molecule has 7 nitrogen and oxygen atoms in total. The first-order valence-electron chi connectivity index (χ1n) is 11.7.